The molecule has 0 aliphatic carbocycles. The van der Waals surface area contributed by atoms with Crippen molar-refractivity contribution in [3.05, 3.63) is 88.2 Å². The van der Waals surface area contributed by atoms with Crippen molar-refractivity contribution >= 4 is 11.9 Å². The molecule has 0 spiro atoms. The summed E-state index contributed by atoms with van der Waals surface area (Å²) < 4.78 is 7.05. The van der Waals surface area contributed by atoms with E-state index in [4.69, 9.17) is 4.74 Å². The number of esters is 1. The van der Waals surface area contributed by atoms with Gasteiger partial charge in [0.05, 0.1) is 17.9 Å². The number of nitrogens with one attached hydrogen (secondary N) is 1. The lowest BCUT2D eigenvalue weighted by atomic mass is 10.0. The molecule has 6 heteroatoms. The number of rotatable bonds is 8. The van der Waals surface area contributed by atoms with Gasteiger partial charge in [0.2, 0.25) is 0 Å². The lowest BCUT2D eigenvalue weighted by molar-refractivity contribution is -0.124. The van der Waals surface area contributed by atoms with Crippen LogP contribution in [-0.4, -0.2) is 34.8 Å². The number of carbonyl (C=O) groups excluding carboxylic acids is 2. The summed E-state index contributed by atoms with van der Waals surface area (Å²) in [6.45, 7) is 8.42. The number of ether oxygens (including phenoxy) is 1. The molecule has 3 rings (SSSR count). The highest BCUT2D eigenvalue weighted by molar-refractivity contribution is 5.93. The first-order valence-corrected chi connectivity index (χ1v) is 10.4. The van der Waals surface area contributed by atoms with Crippen LogP contribution in [-0.2, 0) is 16.1 Å². The standard InChI is InChI=1S/C25H29N3O3/c1-17-10-12-21(13-11-17)15-28-20(4)24(19(3)27-28)25(30)31-16-23(29)26-14-18(2)22-8-6-5-7-9-22/h5-13,18H,14-16H2,1-4H3,(H,26,29)/t18-/m1/s1. The summed E-state index contributed by atoms with van der Waals surface area (Å²) in [5, 5.41) is 7.31. The molecule has 0 radical (unpaired) electrons. The van der Waals surface area contributed by atoms with Crippen LogP contribution in [0.3, 0.4) is 0 Å². The van der Waals surface area contributed by atoms with E-state index in [1.165, 1.54) is 5.56 Å². The van der Waals surface area contributed by atoms with Gasteiger partial charge in [-0.3, -0.25) is 9.48 Å². The molecule has 1 N–H and O–H groups in total. The summed E-state index contributed by atoms with van der Waals surface area (Å²) in [5.74, 6) is -0.680. The molecule has 0 unspecified atom stereocenters. The van der Waals surface area contributed by atoms with Crippen molar-refractivity contribution in [1.29, 1.82) is 0 Å². The third-order valence-electron chi connectivity index (χ3n) is 5.35. The molecule has 31 heavy (non-hydrogen) atoms. The van der Waals surface area contributed by atoms with Crippen LogP contribution in [0.2, 0.25) is 0 Å². The summed E-state index contributed by atoms with van der Waals surface area (Å²) in [5.41, 5.74) is 5.17. The van der Waals surface area contributed by atoms with Gasteiger partial charge in [0.1, 0.15) is 5.56 Å². The fourth-order valence-corrected chi connectivity index (χ4v) is 3.43. The van der Waals surface area contributed by atoms with Crippen LogP contribution in [0.25, 0.3) is 0 Å². The summed E-state index contributed by atoms with van der Waals surface area (Å²) in [6.07, 6.45) is 0. The fourth-order valence-electron chi connectivity index (χ4n) is 3.43. The predicted molar refractivity (Wildman–Crippen MR) is 120 cm³/mol. The molecule has 1 heterocycles. The zero-order valence-corrected chi connectivity index (χ0v) is 18.5. The number of aromatic nitrogens is 2. The smallest absolute Gasteiger partial charge is 0.342 e. The molecule has 1 atom stereocenters. The number of benzene rings is 2. The van der Waals surface area contributed by atoms with Gasteiger partial charge in [0, 0.05) is 6.54 Å². The largest absolute Gasteiger partial charge is 0.452 e. The van der Waals surface area contributed by atoms with Crippen LogP contribution in [0, 0.1) is 20.8 Å². The van der Waals surface area contributed by atoms with Crippen molar-refractivity contribution < 1.29 is 14.3 Å². The third-order valence-corrected chi connectivity index (χ3v) is 5.35. The second-order valence-electron chi connectivity index (χ2n) is 7.88. The predicted octanol–water partition coefficient (Wildman–Crippen LogP) is 3.93. The second kappa shape index (κ2) is 10.1. The minimum absolute atomic E-state index is 0.172. The highest BCUT2D eigenvalue weighted by Gasteiger charge is 2.21. The van der Waals surface area contributed by atoms with Gasteiger partial charge in [-0.2, -0.15) is 5.10 Å². The van der Waals surface area contributed by atoms with Gasteiger partial charge in [-0.05, 0) is 37.8 Å². The van der Waals surface area contributed by atoms with Gasteiger partial charge in [0.25, 0.3) is 5.91 Å². The molecule has 2 aromatic carbocycles. The van der Waals surface area contributed by atoms with E-state index in [0.717, 1.165) is 16.8 Å². The Hall–Kier alpha value is -3.41. The van der Waals surface area contributed by atoms with Crippen molar-refractivity contribution in [3.8, 4) is 0 Å². The zero-order valence-electron chi connectivity index (χ0n) is 18.5. The number of amides is 1. The summed E-state index contributed by atoms with van der Waals surface area (Å²) >= 11 is 0. The van der Waals surface area contributed by atoms with Crippen molar-refractivity contribution in [3.63, 3.8) is 0 Å². The second-order valence-corrected chi connectivity index (χ2v) is 7.88. The minimum Gasteiger partial charge on any atom is -0.452 e. The van der Waals surface area contributed by atoms with Crippen LogP contribution in [0.15, 0.2) is 54.6 Å². The van der Waals surface area contributed by atoms with Crippen molar-refractivity contribution in [2.45, 2.75) is 40.2 Å². The van der Waals surface area contributed by atoms with E-state index in [9.17, 15) is 9.59 Å². The Morgan fingerprint density at radius 2 is 1.71 bits per heavy atom. The van der Waals surface area contributed by atoms with Crippen LogP contribution >= 0.6 is 0 Å². The van der Waals surface area contributed by atoms with E-state index in [0.29, 0.717) is 24.3 Å². The van der Waals surface area contributed by atoms with Gasteiger partial charge in [-0.15, -0.1) is 0 Å². The molecular weight excluding hydrogens is 390 g/mol. The Morgan fingerprint density at radius 1 is 1.03 bits per heavy atom. The van der Waals surface area contributed by atoms with Crippen molar-refractivity contribution in [2.75, 3.05) is 13.2 Å². The quantitative estimate of drug-likeness (QED) is 0.562. The number of nitrogens with zero attached hydrogens (tertiary/aromatic N) is 2. The number of hydrogen-bond acceptors (Lipinski definition) is 4. The van der Waals surface area contributed by atoms with Crippen molar-refractivity contribution in [2.24, 2.45) is 0 Å². The Kier molecular flexibility index (Phi) is 7.23. The van der Waals surface area contributed by atoms with Gasteiger partial charge in [-0.25, -0.2) is 4.79 Å². The van der Waals surface area contributed by atoms with Gasteiger partial charge < -0.3 is 10.1 Å². The van der Waals surface area contributed by atoms with Crippen LogP contribution in [0.5, 0.6) is 0 Å². The summed E-state index contributed by atoms with van der Waals surface area (Å²) in [4.78, 5) is 24.8. The Balaban J connectivity index is 1.54. The van der Waals surface area contributed by atoms with Crippen molar-refractivity contribution in [1.82, 2.24) is 15.1 Å². The van der Waals surface area contributed by atoms with Gasteiger partial charge in [-0.1, -0.05) is 67.1 Å². The molecule has 3 aromatic rings. The molecule has 6 nitrogen and oxygen atoms in total. The summed E-state index contributed by atoms with van der Waals surface area (Å²) in [7, 11) is 0. The topological polar surface area (TPSA) is 73.2 Å². The Labute approximate surface area is 183 Å². The van der Waals surface area contributed by atoms with E-state index in [2.05, 4.69) is 10.4 Å². The molecule has 1 amide bonds. The van der Waals surface area contributed by atoms with E-state index in [1.54, 1.807) is 11.6 Å². The molecular formula is C25H29N3O3. The van der Waals surface area contributed by atoms with Gasteiger partial charge >= 0.3 is 5.97 Å². The SMILES string of the molecule is Cc1ccc(Cn2nc(C)c(C(=O)OCC(=O)NC[C@@H](C)c3ccccc3)c2C)cc1. The molecule has 0 saturated heterocycles. The lowest BCUT2D eigenvalue weighted by Gasteiger charge is -2.13. The van der Waals surface area contributed by atoms with Crippen LogP contribution in [0.1, 0.15) is 51.3 Å². The average Bonchev–Trinajstić information content (AvgIpc) is 3.05. The zero-order chi connectivity index (χ0) is 22.4. The minimum atomic E-state index is -0.531. The first-order valence-electron chi connectivity index (χ1n) is 10.4. The monoisotopic (exact) mass is 419 g/mol. The van der Waals surface area contributed by atoms with Crippen LogP contribution in [0.4, 0.5) is 0 Å². The molecule has 0 fully saturated rings. The Morgan fingerprint density at radius 3 is 2.39 bits per heavy atom. The number of carbonyl (C=O) groups is 2. The molecule has 1 aromatic heterocycles. The summed E-state index contributed by atoms with van der Waals surface area (Å²) in [6, 6.07) is 18.1. The maximum absolute atomic E-state index is 12.6. The van der Waals surface area contributed by atoms with Crippen LogP contribution < -0.4 is 5.32 Å². The van der Waals surface area contributed by atoms with Gasteiger partial charge in [0.15, 0.2) is 6.61 Å². The highest BCUT2D eigenvalue weighted by atomic mass is 16.5. The Bertz CT molecular complexity index is 1040. The highest BCUT2D eigenvalue weighted by Crippen LogP contribution is 2.17. The maximum atomic E-state index is 12.6. The molecule has 0 saturated carbocycles. The molecule has 0 bridgehead atoms. The lowest BCUT2D eigenvalue weighted by Crippen LogP contribution is -2.31. The molecule has 162 valence electrons. The molecule has 0 aliphatic heterocycles. The first kappa shape index (κ1) is 22.3. The van der Waals surface area contributed by atoms with E-state index < -0.39 is 5.97 Å². The fraction of sp³-hybridized carbons (Fsp3) is 0.320. The van der Waals surface area contributed by atoms with E-state index in [-0.39, 0.29) is 18.4 Å². The molecule has 0 aliphatic rings. The number of aryl methyl sites for hydroxylation is 2. The average molecular weight is 420 g/mol. The van der Waals surface area contributed by atoms with E-state index in [1.807, 2.05) is 75.4 Å². The van der Waals surface area contributed by atoms with E-state index >= 15 is 0 Å². The maximum Gasteiger partial charge on any atom is 0.342 e. The first-order chi connectivity index (χ1) is 14.8. The third kappa shape index (κ3) is 5.81. The number of hydrogen-bond donors (Lipinski definition) is 1. The normalized spacial score (nSPS) is 11.7.